The first-order valence-corrected chi connectivity index (χ1v) is 5.45. The largest absolute Gasteiger partial charge is 0.310 e. The standard InChI is InChI=1S/C11H13ClN4/c1-13-10(11-14-7-15-16-11)6-8-4-2-3-5-9(8)12/h2-5,7,10,13H,6H2,1H3,(H,14,15,16). The highest BCUT2D eigenvalue weighted by Crippen LogP contribution is 2.21. The minimum absolute atomic E-state index is 0.0994. The van der Waals surface area contributed by atoms with Crippen LogP contribution < -0.4 is 5.32 Å². The summed E-state index contributed by atoms with van der Waals surface area (Å²) >= 11 is 6.11. The SMILES string of the molecule is CNC(Cc1ccccc1Cl)c1ncn[nH]1. The van der Waals surface area contributed by atoms with Crippen LogP contribution in [0.3, 0.4) is 0 Å². The fourth-order valence-corrected chi connectivity index (χ4v) is 1.82. The number of aromatic nitrogens is 3. The van der Waals surface area contributed by atoms with Gasteiger partial charge < -0.3 is 5.32 Å². The van der Waals surface area contributed by atoms with Gasteiger partial charge in [-0.15, -0.1) is 0 Å². The molecule has 1 aromatic heterocycles. The zero-order valence-corrected chi connectivity index (χ0v) is 9.70. The van der Waals surface area contributed by atoms with Gasteiger partial charge in [-0.1, -0.05) is 29.8 Å². The highest BCUT2D eigenvalue weighted by atomic mass is 35.5. The molecule has 1 heterocycles. The minimum atomic E-state index is 0.0994. The Labute approximate surface area is 99.1 Å². The Bertz CT molecular complexity index is 441. The van der Waals surface area contributed by atoms with E-state index in [1.54, 1.807) is 0 Å². The van der Waals surface area contributed by atoms with E-state index < -0.39 is 0 Å². The summed E-state index contributed by atoms with van der Waals surface area (Å²) in [4.78, 5) is 4.14. The molecule has 5 heteroatoms. The van der Waals surface area contributed by atoms with E-state index in [9.17, 15) is 0 Å². The van der Waals surface area contributed by atoms with E-state index in [4.69, 9.17) is 11.6 Å². The lowest BCUT2D eigenvalue weighted by atomic mass is 10.1. The number of aromatic amines is 1. The molecule has 0 amide bonds. The average Bonchev–Trinajstić information content (AvgIpc) is 2.81. The topological polar surface area (TPSA) is 53.6 Å². The van der Waals surface area contributed by atoms with E-state index in [-0.39, 0.29) is 6.04 Å². The van der Waals surface area contributed by atoms with Crippen LogP contribution >= 0.6 is 11.6 Å². The number of H-pyrrole nitrogens is 1. The molecule has 0 aliphatic rings. The second-order valence-electron chi connectivity index (χ2n) is 3.51. The molecule has 1 atom stereocenters. The van der Waals surface area contributed by atoms with Gasteiger partial charge in [0.15, 0.2) is 0 Å². The van der Waals surface area contributed by atoms with Crippen LogP contribution in [0.5, 0.6) is 0 Å². The molecule has 0 saturated carbocycles. The molecule has 2 N–H and O–H groups in total. The first-order valence-electron chi connectivity index (χ1n) is 5.07. The first-order chi connectivity index (χ1) is 7.81. The van der Waals surface area contributed by atoms with E-state index in [2.05, 4.69) is 20.5 Å². The third kappa shape index (κ3) is 2.40. The van der Waals surface area contributed by atoms with Gasteiger partial charge in [-0.05, 0) is 25.1 Å². The molecule has 0 aliphatic carbocycles. The predicted molar refractivity (Wildman–Crippen MR) is 63.3 cm³/mol. The van der Waals surface area contributed by atoms with Crippen molar-refractivity contribution in [3.63, 3.8) is 0 Å². The van der Waals surface area contributed by atoms with E-state index in [1.807, 2.05) is 31.3 Å². The maximum atomic E-state index is 6.11. The fraction of sp³-hybridized carbons (Fsp3) is 0.273. The molecule has 2 rings (SSSR count). The van der Waals surface area contributed by atoms with Crippen LogP contribution in [0, 0.1) is 0 Å². The molecule has 0 radical (unpaired) electrons. The van der Waals surface area contributed by atoms with Crippen LogP contribution in [0.1, 0.15) is 17.4 Å². The number of hydrogen-bond donors (Lipinski definition) is 2. The number of benzene rings is 1. The fourth-order valence-electron chi connectivity index (χ4n) is 1.60. The Balaban J connectivity index is 2.17. The molecule has 0 aliphatic heterocycles. The van der Waals surface area contributed by atoms with Gasteiger partial charge >= 0.3 is 0 Å². The smallest absolute Gasteiger partial charge is 0.141 e. The van der Waals surface area contributed by atoms with Crippen LogP contribution in [0.4, 0.5) is 0 Å². The molecule has 0 spiro atoms. The van der Waals surface area contributed by atoms with Gasteiger partial charge in [-0.25, -0.2) is 4.98 Å². The number of hydrogen-bond acceptors (Lipinski definition) is 3. The predicted octanol–water partition coefficient (Wildman–Crippen LogP) is 1.96. The summed E-state index contributed by atoms with van der Waals surface area (Å²) in [6.45, 7) is 0. The van der Waals surface area contributed by atoms with Crippen molar-refractivity contribution in [2.75, 3.05) is 7.05 Å². The van der Waals surface area contributed by atoms with Crippen molar-refractivity contribution in [1.29, 1.82) is 0 Å². The van der Waals surface area contributed by atoms with Gasteiger partial charge in [-0.3, -0.25) is 5.10 Å². The average molecular weight is 237 g/mol. The Morgan fingerprint density at radius 1 is 1.44 bits per heavy atom. The van der Waals surface area contributed by atoms with Crippen molar-refractivity contribution >= 4 is 11.6 Å². The third-order valence-electron chi connectivity index (χ3n) is 2.49. The number of likely N-dealkylation sites (N-methyl/N-ethyl adjacent to an activating group) is 1. The normalized spacial score (nSPS) is 12.6. The molecule has 0 fully saturated rings. The second kappa shape index (κ2) is 5.09. The lowest BCUT2D eigenvalue weighted by Crippen LogP contribution is -2.20. The van der Waals surface area contributed by atoms with Crippen LogP contribution in [0.2, 0.25) is 5.02 Å². The van der Waals surface area contributed by atoms with Crippen LogP contribution in [0.25, 0.3) is 0 Å². The van der Waals surface area contributed by atoms with Gasteiger partial charge in [0.2, 0.25) is 0 Å². The van der Waals surface area contributed by atoms with Gasteiger partial charge in [0, 0.05) is 5.02 Å². The lowest BCUT2D eigenvalue weighted by molar-refractivity contribution is 0.560. The summed E-state index contributed by atoms with van der Waals surface area (Å²) < 4.78 is 0. The molecular weight excluding hydrogens is 224 g/mol. The summed E-state index contributed by atoms with van der Waals surface area (Å²) in [6.07, 6.45) is 2.29. The quantitative estimate of drug-likeness (QED) is 0.853. The zero-order chi connectivity index (χ0) is 11.4. The monoisotopic (exact) mass is 236 g/mol. The molecule has 2 aromatic rings. The summed E-state index contributed by atoms with van der Waals surface area (Å²) in [5.41, 5.74) is 1.10. The number of halogens is 1. The van der Waals surface area contributed by atoms with Crippen molar-refractivity contribution in [1.82, 2.24) is 20.5 Å². The van der Waals surface area contributed by atoms with E-state index in [0.29, 0.717) is 0 Å². The van der Waals surface area contributed by atoms with Crippen molar-refractivity contribution in [2.45, 2.75) is 12.5 Å². The van der Waals surface area contributed by atoms with Crippen LogP contribution in [-0.2, 0) is 6.42 Å². The number of rotatable bonds is 4. The maximum absolute atomic E-state index is 6.11. The molecule has 0 bridgehead atoms. The van der Waals surface area contributed by atoms with E-state index >= 15 is 0 Å². The summed E-state index contributed by atoms with van der Waals surface area (Å²) in [6, 6.07) is 7.91. The molecule has 84 valence electrons. The Morgan fingerprint density at radius 3 is 2.88 bits per heavy atom. The van der Waals surface area contributed by atoms with Crippen molar-refractivity contribution < 1.29 is 0 Å². The highest BCUT2D eigenvalue weighted by molar-refractivity contribution is 6.31. The lowest BCUT2D eigenvalue weighted by Gasteiger charge is -2.13. The van der Waals surface area contributed by atoms with Crippen molar-refractivity contribution in [3.05, 3.63) is 47.0 Å². The Morgan fingerprint density at radius 2 is 2.25 bits per heavy atom. The van der Waals surface area contributed by atoms with E-state index in [1.165, 1.54) is 6.33 Å². The zero-order valence-electron chi connectivity index (χ0n) is 8.94. The Kier molecular flexibility index (Phi) is 3.54. The summed E-state index contributed by atoms with van der Waals surface area (Å²) in [5.74, 6) is 0.822. The first kappa shape index (κ1) is 11.1. The molecule has 16 heavy (non-hydrogen) atoms. The van der Waals surface area contributed by atoms with Gasteiger partial charge in [0.25, 0.3) is 0 Å². The van der Waals surface area contributed by atoms with Gasteiger partial charge in [-0.2, -0.15) is 5.10 Å². The van der Waals surface area contributed by atoms with Gasteiger partial charge in [0.1, 0.15) is 12.2 Å². The molecule has 1 aromatic carbocycles. The van der Waals surface area contributed by atoms with Crippen LogP contribution in [0.15, 0.2) is 30.6 Å². The maximum Gasteiger partial charge on any atom is 0.141 e. The van der Waals surface area contributed by atoms with Crippen molar-refractivity contribution in [3.8, 4) is 0 Å². The Hall–Kier alpha value is -1.39. The number of nitrogens with one attached hydrogen (secondary N) is 2. The van der Waals surface area contributed by atoms with Gasteiger partial charge in [0.05, 0.1) is 6.04 Å². The summed E-state index contributed by atoms with van der Waals surface area (Å²) in [5, 5.41) is 10.7. The molecule has 4 nitrogen and oxygen atoms in total. The number of nitrogens with zero attached hydrogens (tertiary/aromatic N) is 2. The van der Waals surface area contributed by atoms with Crippen LogP contribution in [-0.4, -0.2) is 22.2 Å². The third-order valence-corrected chi connectivity index (χ3v) is 2.86. The van der Waals surface area contributed by atoms with E-state index in [0.717, 1.165) is 22.8 Å². The molecule has 0 saturated heterocycles. The van der Waals surface area contributed by atoms with Crippen molar-refractivity contribution in [2.24, 2.45) is 0 Å². The highest BCUT2D eigenvalue weighted by Gasteiger charge is 2.14. The summed E-state index contributed by atoms with van der Waals surface area (Å²) in [7, 11) is 1.89. The molecular formula is C11H13ClN4. The second-order valence-corrected chi connectivity index (χ2v) is 3.91. The minimum Gasteiger partial charge on any atom is -0.310 e. The molecule has 1 unspecified atom stereocenters.